The summed E-state index contributed by atoms with van der Waals surface area (Å²) in [6, 6.07) is 8.15. The molecule has 1 aliphatic carbocycles. The maximum Gasteiger partial charge on any atom is 0.0409 e. The SMILES string of the molecule is CC1CC(C)CC(C(N)c2cccc(Cl)c2)C1. The van der Waals surface area contributed by atoms with Crippen LogP contribution in [0.25, 0.3) is 0 Å². The van der Waals surface area contributed by atoms with Gasteiger partial charge in [0.1, 0.15) is 0 Å². The van der Waals surface area contributed by atoms with Gasteiger partial charge in [0.05, 0.1) is 0 Å². The van der Waals surface area contributed by atoms with Crippen LogP contribution in [-0.2, 0) is 0 Å². The number of rotatable bonds is 2. The van der Waals surface area contributed by atoms with Crippen molar-refractivity contribution in [3.05, 3.63) is 34.9 Å². The van der Waals surface area contributed by atoms with E-state index in [4.69, 9.17) is 17.3 Å². The van der Waals surface area contributed by atoms with Crippen molar-refractivity contribution in [1.29, 1.82) is 0 Å². The summed E-state index contributed by atoms with van der Waals surface area (Å²) in [4.78, 5) is 0. The second kappa shape index (κ2) is 5.41. The van der Waals surface area contributed by atoms with Crippen LogP contribution in [0.4, 0.5) is 0 Å². The van der Waals surface area contributed by atoms with Gasteiger partial charge in [-0.3, -0.25) is 0 Å². The lowest BCUT2D eigenvalue weighted by Gasteiger charge is -2.35. The maximum absolute atomic E-state index is 6.40. The average Bonchev–Trinajstić information content (AvgIpc) is 2.26. The summed E-state index contributed by atoms with van der Waals surface area (Å²) in [6.07, 6.45) is 3.84. The lowest BCUT2D eigenvalue weighted by molar-refractivity contribution is 0.193. The van der Waals surface area contributed by atoms with Gasteiger partial charge in [-0.2, -0.15) is 0 Å². The van der Waals surface area contributed by atoms with Gasteiger partial charge in [0.2, 0.25) is 0 Å². The molecule has 0 aliphatic heterocycles. The first kappa shape index (κ1) is 12.9. The van der Waals surface area contributed by atoms with Crippen molar-refractivity contribution >= 4 is 11.6 Å². The zero-order valence-electron chi connectivity index (χ0n) is 10.7. The lowest BCUT2D eigenvalue weighted by atomic mass is 9.73. The third-order valence-corrected chi connectivity index (χ3v) is 4.19. The summed E-state index contributed by atoms with van der Waals surface area (Å²) in [6.45, 7) is 4.68. The van der Waals surface area contributed by atoms with E-state index in [-0.39, 0.29) is 6.04 Å². The molecule has 2 heteroatoms. The molecule has 1 nitrogen and oxygen atoms in total. The highest BCUT2D eigenvalue weighted by molar-refractivity contribution is 6.30. The van der Waals surface area contributed by atoms with Crippen LogP contribution in [0, 0.1) is 17.8 Å². The Morgan fingerprint density at radius 3 is 2.41 bits per heavy atom. The first-order valence-corrected chi connectivity index (χ1v) is 6.95. The van der Waals surface area contributed by atoms with Crippen LogP contribution < -0.4 is 5.73 Å². The van der Waals surface area contributed by atoms with Crippen LogP contribution in [0.2, 0.25) is 5.02 Å². The van der Waals surface area contributed by atoms with Crippen LogP contribution in [0.1, 0.15) is 44.7 Å². The molecule has 17 heavy (non-hydrogen) atoms. The van der Waals surface area contributed by atoms with Crippen LogP contribution in [-0.4, -0.2) is 0 Å². The Bertz CT molecular complexity index is 367. The number of hydrogen-bond donors (Lipinski definition) is 1. The molecule has 2 N–H and O–H groups in total. The predicted molar refractivity (Wildman–Crippen MR) is 74.0 cm³/mol. The first-order chi connectivity index (χ1) is 8.06. The molecule has 0 aromatic heterocycles. The molecule has 1 aliphatic rings. The molecule has 1 saturated carbocycles. The largest absolute Gasteiger partial charge is 0.324 e. The minimum Gasteiger partial charge on any atom is -0.324 e. The van der Waals surface area contributed by atoms with Gasteiger partial charge in [0, 0.05) is 11.1 Å². The fourth-order valence-electron chi connectivity index (χ4n) is 3.29. The van der Waals surface area contributed by atoms with Crippen molar-refractivity contribution in [2.45, 2.75) is 39.2 Å². The highest BCUT2D eigenvalue weighted by Gasteiger charge is 2.28. The summed E-state index contributed by atoms with van der Waals surface area (Å²) in [5, 5.41) is 0.787. The maximum atomic E-state index is 6.40. The Morgan fingerprint density at radius 1 is 1.18 bits per heavy atom. The fourth-order valence-corrected chi connectivity index (χ4v) is 3.49. The molecule has 3 atom stereocenters. The molecule has 0 radical (unpaired) electrons. The van der Waals surface area contributed by atoms with E-state index in [1.165, 1.54) is 24.8 Å². The van der Waals surface area contributed by atoms with Gasteiger partial charge >= 0.3 is 0 Å². The molecule has 0 saturated heterocycles. The van der Waals surface area contributed by atoms with E-state index in [2.05, 4.69) is 19.9 Å². The van der Waals surface area contributed by atoms with E-state index in [9.17, 15) is 0 Å². The molecular formula is C15H22ClN. The molecule has 0 heterocycles. The summed E-state index contributed by atoms with van der Waals surface area (Å²) in [5.41, 5.74) is 7.59. The molecule has 1 aromatic rings. The number of halogens is 1. The van der Waals surface area contributed by atoms with E-state index in [1.54, 1.807) is 0 Å². The van der Waals surface area contributed by atoms with E-state index < -0.39 is 0 Å². The van der Waals surface area contributed by atoms with Crippen LogP contribution in [0.15, 0.2) is 24.3 Å². The van der Waals surface area contributed by atoms with Crippen molar-refractivity contribution in [3.8, 4) is 0 Å². The quantitative estimate of drug-likeness (QED) is 0.828. The number of nitrogens with two attached hydrogens (primary N) is 1. The second-order valence-electron chi connectivity index (χ2n) is 5.76. The molecule has 1 aromatic carbocycles. The summed E-state index contributed by atoms with van der Waals surface area (Å²) in [7, 11) is 0. The standard InChI is InChI=1S/C15H22ClN/c1-10-6-11(2)8-13(7-10)15(17)12-4-3-5-14(16)9-12/h3-5,9-11,13,15H,6-8,17H2,1-2H3. The summed E-state index contributed by atoms with van der Waals surface area (Å²) < 4.78 is 0. The smallest absolute Gasteiger partial charge is 0.0409 e. The third-order valence-electron chi connectivity index (χ3n) is 3.96. The molecule has 0 bridgehead atoms. The Hall–Kier alpha value is -0.530. The van der Waals surface area contributed by atoms with Gasteiger partial charge in [-0.1, -0.05) is 37.6 Å². The first-order valence-electron chi connectivity index (χ1n) is 6.57. The summed E-state index contributed by atoms with van der Waals surface area (Å²) >= 11 is 6.03. The Labute approximate surface area is 109 Å². The molecule has 0 spiro atoms. The van der Waals surface area contributed by atoms with E-state index >= 15 is 0 Å². The van der Waals surface area contributed by atoms with Gasteiger partial charge in [-0.05, 0) is 54.7 Å². The number of benzene rings is 1. The molecular weight excluding hydrogens is 230 g/mol. The second-order valence-corrected chi connectivity index (χ2v) is 6.19. The zero-order valence-corrected chi connectivity index (χ0v) is 11.5. The molecule has 3 unspecified atom stereocenters. The average molecular weight is 252 g/mol. The molecule has 94 valence electrons. The van der Waals surface area contributed by atoms with Crippen molar-refractivity contribution in [2.75, 3.05) is 0 Å². The van der Waals surface area contributed by atoms with Crippen molar-refractivity contribution in [2.24, 2.45) is 23.5 Å². The van der Waals surface area contributed by atoms with Crippen LogP contribution in [0.5, 0.6) is 0 Å². The monoisotopic (exact) mass is 251 g/mol. The van der Waals surface area contributed by atoms with Gasteiger partial charge in [-0.25, -0.2) is 0 Å². The summed E-state index contributed by atoms with van der Waals surface area (Å²) in [5.74, 6) is 2.20. The molecule has 1 fully saturated rings. The predicted octanol–water partition coefficient (Wildman–Crippen LogP) is 4.41. The molecule has 0 amide bonds. The Morgan fingerprint density at radius 2 is 1.82 bits per heavy atom. The van der Waals surface area contributed by atoms with Crippen molar-refractivity contribution < 1.29 is 0 Å². The third kappa shape index (κ3) is 3.23. The number of hydrogen-bond acceptors (Lipinski definition) is 1. The highest BCUT2D eigenvalue weighted by atomic mass is 35.5. The fraction of sp³-hybridized carbons (Fsp3) is 0.600. The topological polar surface area (TPSA) is 26.0 Å². The highest BCUT2D eigenvalue weighted by Crippen LogP contribution is 2.38. The van der Waals surface area contributed by atoms with E-state index in [0.717, 1.165) is 16.9 Å². The normalized spacial score (nSPS) is 31.2. The Kier molecular flexibility index (Phi) is 4.11. The van der Waals surface area contributed by atoms with Gasteiger partial charge in [-0.15, -0.1) is 0 Å². The minimum absolute atomic E-state index is 0.138. The van der Waals surface area contributed by atoms with Gasteiger partial charge in [0.25, 0.3) is 0 Å². The van der Waals surface area contributed by atoms with Crippen LogP contribution >= 0.6 is 11.6 Å². The zero-order chi connectivity index (χ0) is 12.4. The lowest BCUT2D eigenvalue weighted by Crippen LogP contribution is -2.29. The van der Waals surface area contributed by atoms with Crippen LogP contribution in [0.3, 0.4) is 0 Å². The van der Waals surface area contributed by atoms with E-state index in [1.807, 2.05) is 18.2 Å². The van der Waals surface area contributed by atoms with Gasteiger partial charge in [0.15, 0.2) is 0 Å². The van der Waals surface area contributed by atoms with Crippen molar-refractivity contribution in [1.82, 2.24) is 0 Å². The van der Waals surface area contributed by atoms with Gasteiger partial charge < -0.3 is 5.73 Å². The minimum atomic E-state index is 0.138. The van der Waals surface area contributed by atoms with Crippen molar-refractivity contribution in [3.63, 3.8) is 0 Å². The molecule has 2 rings (SSSR count). The van der Waals surface area contributed by atoms with E-state index in [0.29, 0.717) is 5.92 Å². The Balaban J connectivity index is 2.11.